The molecule has 0 fully saturated rings. The maximum atomic E-state index is 13.5. The molecule has 0 spiro atoms. The van der Waals surface area contributed by atoms with Gasteiger partial charge in [0.25, 0.3) is 0 Å². The van der Waals surface area contributed by atoms with Crippen LogP contribution in [0.25, 0.3) is 22.3 Å². The number of pyridine rings is 1. The Morgan fingerprint density at radius 2 is 1.84 bits per heavy atom. The van der Waals surface area contributed by atoms with E-state index in [0.29, 0.717) is 55.1 Å². The van der Waals surface area contributed by atoms with Crippen LogP contribution < -0.4 is 10.1 Å². The molecule has 3 aromatic heterocycles. The van der Waals surface area contributed by atoms with Crippen LogP contribution in [0.4, 0.5) is 15.9 Å². The Bertz CT molecular complexity index is 1870. The lowest BCUT2D eigenvalue weighted by Crippen LogP contribution is -2.29. The first-order valence-corrected chi connectivity index (χ1v) is 16.3. The maximum Gasteiger partial charge on any atom is 0.179 e. The lowest BCUT2D eigenvalue weighted by molar-refractivity contribution is 0.0499. The standard InChI is InChI=1S/C30H29ClFN5O4S2/c1-17(2)43(38,39)19(4)41-18(3)30-37-27(15-42-30)25-12-23-26(13-33-25)34-16-35-29(23)36-22-8-9-28(24(31)11-22)40-14-20-6-5-7-21(32)10-20/h5-13,15-19H,14H2,1-4H3,(H,34,35,36). The molecule has 1 N–H and O–H groups in total. The molecule has 2 aromatic carbocycles. The molecule has 0 amide bonds. The van der Waals surface area contributed by atoms with Crippen molar-refractivity contribution in [3.05, 3.63) is 87.8 Å². The van der Waals surface area contributed by atoms with Crippen molar-refractivity contribution in [2.24, 2.45) is 0 Å². The van der Waals surface area contributed by atoms with Crippen LogP contribution in [0.2, 0.25) is 5.02 Å². The first kappa shape index (κ1) is 30.7. The number of hydrogen-bond donors (Lipinski definition) is 1. The quantitative estimate of drug-likeness (QED) is 0.156. The molecule has 224 valence electrons. The van der Waals surface area contributed by atoms with E-state index in [0.717, 1.165) is 0 Å². The van der Waals surface area contributed by atoms with Crippen molar-refractivity contribution in [1.82, 2.24) is 19.9 Å². The second-order valence-corrected chi connectivity index (χ2v) is 14.1. The van der Waals surface area contributed by atoms with Crippen LogP contribution >= 0.6 is 22.9 Å². The van der Waals surface area contributed by atoms with Gasteiger partial charge in [0.05, 0.1) is 33.4 Å². The molecule has 13 heteroatoms. The number of fused-ring (bicyclic) bond motifs is 1. The molecule has 9 nitrogen and oxygen atoms in total. The second kappa shape index (κ2) is 12.9. The van der Waals surface area contributed by atoms with E-state index in [1.54, 1.807) is 64.2 Å². The first-order valence-electron chi connectivity index (χ1n) is 13.4. The molecule has 3 heterocycles. The number of rotatable bonds is 11. The summed E-state index contributed by atoms with van der Waals surface area (Å²) in [6, 6.07) is 13.3. The minimum absolute atomic E-state index is 0.176. The predicted molar refractivity (Wildman–Crippen MR) is 167 cm³/mol. The number of anilines is 2. The van der Waals surface area contributed by atoms with Gasteiger partial charge in [-0.3, -0.25) is 4.98 Å². The van der Waals surface area contributed by atoms with E-state index >= 15 is 0 Å². The first-order chi connectivity index (χ1) is 20.5. The molecular weight excluding hydrogens is 613 g/mol. The molecule has 43 heavy (non-hydrogen) atoms. The summed E-state index contributed by atoms with van der Waals surface area (Å²) in [4.78, 5) is 17.9. The van der Waals surface area contributed by atoms with E-state index in [-0.39, 0.29) is 12.4 Å². The lowest BCUT2D eigenvalue weighted by Gasteiger charge is -2.19. The Labute approximate surface area is 258 Å². The highest BCUT2D eigenvalue weighted by molar-refractivity contribution is 7.92. The molecule has 0 aliphatic carbocycles. The van der Waals surface area contributed by atoms with E-state index < -0.39 is 26.6 Å². The van der Waals surface area contributed by atoms with Gasteiger partial charge in [-0.25, -0.2) is 27.8 Å². The van der Waals surface area contributed by atoms with Crippen molar-refractivity contribution in [3.8, 4) is 17.1 Å². The van der Waals surface area contributed by atoms with Crippen LogP contribution in [0.15, 0.2) is 66.4 Å². The highest BCUT2D eigenvalue weighted by atomic mass is 35.5. The van der Waals surface area contributed by atoms with Crippen molar-refractivity contribution in [2.75, 3.05) is 5.32 Å². The molecule has 0 saturated heterocycles. The van der Waals surface area contributed by atoms with Gasteiger partial charge in [-0.1, -0.05) is 23.7 Å². The van der Waals surface area contributed by atoms with Gasteiger partial charge in [-0.05, 0) is 69.7 Å². The smallest absolute Gasteiger partial charge is 0.179 e. The fourth-order valence-corrected chi connectivity index (χ4v) is 6.34. The monoisotopic (exact) mass is 641 g/mol. The van der Waals surface area contributed by atoms with Crippen molar-refractivity contribution in [1.29, 1.82) is 0 Å². The van der Waals surface area contributed by atoms with Gasteiger partial charge >= 0.3 is 0 Å². The van der Waals surface area contributed by atoms with Gasteiger partial charge in [0.2, 0.25) is 0 Å². The molecule has 0 saturated carbocycles. The van der Waals surface area contributed by atoms with Crippen LogP contribution in [-0.4, -0.2) is 39.0 Å². The van der Waals surface area contributed by atoms with E-state index in [1.165, 1.54) is 29.8 Å². The summed E-state index contributed by atoms with van der Waals surface area (Å²) in [6.07, 6.45) is 2.56. The van der Waals surface area contributed by atoms with Crippen molar-refractivity contribution in [2.45, 2.75) is 51.1 Å². The van der Waals surface area contributed by atoms with Gasteiger partial charge in [-0.15, -0.1) is 11.3 Å². The number of hydrogen-bond acceptors (Lipinski definition) is 10. The zero-order valence-electron chi connectivity index (χ0n) is 23.8. The third kappa shape index (κ3) is 7.10. The van der Waals surface area contributed by atoms with Crippen molar-refractivity contribution in [3.63, 3.8) is 0 Å². The number of ether oxygens (including phenoxy) is 2. The van der Waals surface area contributed by atoms with Crippen LogP contribution in [0.3, 0.4) is 0 Å². The van der Waals surface area contributed by atoms with Crippen molar-refractivity contribution >= 4 is 55.2 Å². The Morgan fingerprint density at radius 3 is 2.58 bits per heavy atom. The van der Waals surface area contributed by atoms with Gasteiger partial charge in [0, 0.05) is 16.5 Å². The highest BCUT2D eigenvalue weighted by Gasteiger charge is 2.28. The summed E-state index contributed by atoms with van der Waals surface area (Å²) in [5.41, 5.74) is 2.26. The van der Waals surface area contributed by atoms with E-state index in [1.807, 2.05) is 11.4 Å². The number of nitrogens with one attached hydrogen (secondary N) is 1. The van der Waals surface area contributed by atoms with Crippen LogP contribution in [-0.2, 0) is 21.2 Å². The number of halogens is 2. The van der Waals surface area contributed by atoms with E-state index in [9.17, 15) is 12.8 Å². The molecule has 0 bridgehead atoms. The molecule has 5 aromatic rings. The van der Waals surface area contributed by atoms with Gasteiger partial charge in [0.1, 0.15) is 41.4 Å². The van der Waals surface area contributed by atoms with E-state index in [2.05, 4.69) is 25.3 Å². The Balaban J connectivity index is 1.33. The molecule has 0 aliphatic rings. The SMILES string of the molecule is CC(OC(C)S(=O)(=O)C(C)C)c1nc(-c2cc3c(Nc4ccc(OCc5cccc(F)c5)c(Cl)c4)ncnc3cn2)cs1. The minimum atomic E-state index is -3.41. The summed E-state index contributed by atoms with van der Waals surface area (Å²) >= 11 is 7.85. The summed E-state index contributed by atoms with van der Waals surface area (Å²) in [5.74, 6) is 0.674. The van der Waals surface area contributed by atoms with Gasteiger partial charge in [0.15, 0.2) is 15.3 Å². The van der Waals surface area contributed by atoms with Crippen LogP contribution in [0.1, 0.15) is 44.4 Å². The zero-order chi connectivity index (χ0) is 30.7. The summed E-state index contributed by atoms with van der Waals surface area (Å²) < 4.78 is 49.9. The highest BCUT2D eigenvalue weighted by Crippen LogP contribution is 2.33. The summed E-state index contributed by atoms with van der Waals surface area (Å²) in [7, 11) is -3.41. The molecule has 2 atom stereocenters. The third-order valence-electron chi connectivity index (χ3n) is 6.65. The number of aromatic nitrogens is 4. The topological polar surface area (TPSA) is 116 Å². The van der Waals surface area contributed by atoms with Crippen molar-refractivity contribution < 1.29 is 22.3 Å². The third-order valence-corrected chi connectivity index (χ3v) is 10.3. The number of benzene rings is 2. The largest absolute Gasteiger partial charge is 0.487 e. The average molecular weight is 642 g/mol. The number of thiazole rings is 1. The molecule has 2 unspecified atom stereocenters. The summed E-state index contributed by atoms with van der Waals surface area (Å²) in [6.45, 7) is 6.77. The Hall–Kier alpha value is -3.71. The number of nitrogens with zero attached hydrogens (tertiary/aromatic N) is 4. The number of sulfone groups is 1. The summed E-state index contributed by atoms with van der Waals surface area (Å²) in [5, 5.41) is 6.32. The molecule has 0 aliphatic heterocycles. The van der Waals surface area contributed by atoms with Crippen LogP contribution in [0, 0.1) is 5.82 Å². The van der Waals surface area contributed by atoms with Gasteiger partial charge < -0.3 is 14.8 Å². The van der Waals surface area contributed by atoms with Crippen LogP contribution in [0.5, 0.6) is 5.75 Å². The fourth-order valence-electron chi connectivity index (χ4n) is 4.22. The Kier molecular flexibility index (Phi) is 9.21. The lowest BCUT2D eigenvalue weighted by atomic mass is 10.2. The minimum Gasteiger partial charge on any atom is -0.487 e. The molecule has 5 rings (SSSR count). The molecule has 0 radical (unpaired) electrons. The zero-order valence-corrected chi connectivity index (χ0v) is 26.2. The molecular formula is C30H29ClFN5O4S2. The van der Waals surface area contributed by atoms with Gasteiger partial charge in [-0.2, -0.15) is 0 Å². The normalized spacial score (nSPS) is 13.3. The van der Waals surface area contributed by atoms with E-state index in [4.69, 9.17) is 21.1 Å². The maximum absolute atomic E-state index is 13.5. The predicted octanol–water partition coefficient (Wildman–Crippen LogP) is 7.51. The average Bonchev–Trinajstić information content (AvgIpc) is 3.47. The Morgan fingerprint density at radius 1 is 1.02 bits per heavy atom. The second-order valence-electron chi connectivity index (χ2n) is 10.1. The fraction of sp³-hybridized carbons (Fsp3) is 0.267.